The first-order chi connectivity index (χ1) is 13.8. The summed E-state index contributed by atoms with van der Waals surface area (Å²) in [7, 11) is 0.849. The predicted octanol–water partition coefficient (Wildman–Crippen LogP) is 5.36. The summed E-state index contributed by atoms with van der Waals surface area (Å²) in [5.41, 5.74) is -2.83. The third-order valence-corrected chi connectivity index (χ3v) is 5.85. The fourth-order valence-corrected chi connectivity index (χ4v) is 4.33. The van der Waals surface area contributed by atoms with Crippen molar-refractivity contribution in [3.05, 3.63) is 47.5 Å². The molecule has 0 fully saturated rings. The lowest BCUT2D eigenvalue weighted by Gasteiger charge is -2.38. The van der Waals surface area contributed by atoms with E-state index in [1.165, 1.54) is 24.3 Å². The van der Waals surface area contributed by atoms with E-state index in [1.54, 1.807) is 19.1 Å². The van der Waals surface area contributed by atoms with Gasteiger partial charge in [0, 0.05) is 19.1 Å². The smallest absolute Gasteiger partial charge is 0.432 e. The minimum absolute atomic E-state index is 0.0751. The Kier molecular flexibility index (Phi) is 7.17. The molecular formula is C23H29F3O4. The molecular weight excluding hydrogens is 397 g/mol. The summed E-state index contributed by atoms with van der Waals surface area (Å²) < 4.78 is 51.9. The molecule has 0 saturated heterocycles. The maximum absolute atomic E-state index is 14.0. The van der Waals surface area contributed by atoms with Crippen molar-refractivity contribution in [1.82, 2.24) is 0 Å². The summed E-state index contributed by atoms with van der Waals surface area (Å²) in [6.07, 6.45) is -2.75. The molecule has 0 spiro atoms. The Labute approximate surface area is 175 Å². The Morgan fingerprint density at radius 1 is 1.23 bits per heavy atom. The van der Waals surface area contributed by atoms with Crippen molar-refractivity contribution in [3.8, 4) is 0 Å². The van der Waals surface area contributed by atoms with Crippen molar-refractivity contribution >= 4 is 11.8 Å². The van der Waals surface area contributed by atoms with Gasteiger partial charge in [-0.3, -0.25) is 4.79 Å². The molecule has 7 heteroatoms. The van der Waals surface area contributed by atoms with E-state index in [-0.39, 0.29) is 22.7 Å². The average Bonchev–Trinajstić information content (AvgIpc) is 2.60. The number of carbonyl (C=O) groups excluding carboxylic acids is 2. The summed E-state index contributed by atoms with van der Waals surface area (Å²) in [4.78, 5) is 24.5. The van der Waals surface area contributed by atoms with E-state index in [9.17, 15) is 22.8 Å². The van der Waals surface area contributed by atoms with E-state index in [0.717, 1.165) is 12.7 Å². The molecule has 2 rings (SSSR count). The van der Waals surface area contributed by atoms with Gasteiger partial charge in [-0.2, -0.15) is 13.2 Å². The molecule has 0 unspecified atom stereocenters. The van der Waals surface area contributed by atoms with E-state index >= 15 is 0 Å². The van der Waals surface area contributed by atoms with Gasteiger partial charge >= 0.3 is 12.1 Å². The van der Waals surface area contributed by atoms with Crippen LogP contribution in [-0.4, -0.2) is 31.1 Å². The summed E-state index contributed by atoms with van der Waals surface area (Å²) in [5.74, 6) is -1.33. The second-order valence-corrected chi connectivity index (χ2v) is 8.61. The van der Waals surface area contributed by atoms with Crippen LogP contribution in [0.1, 0.15) is 52.5 Å². The lowest BCUT2D eigenvalue weighted by Crippen LogP contribution is -2.52. The highest BCUT2D eigenvalue weighted by Gasteiger charge is 2.64. The van der Waals surface area contributed by atoms with Crippen LogP contribution >= 0.6 is 0 Å². The number of hydrogen-bond donors (Lipinski definition) is 0. The monoisotopic (exact) mass is 426 g/mol. The molecule has 0 saturated carbocycles. The van der Waals surface area contributed by atoms with Crippen molar-refractivity contribution < 1.29 is 32.2 Å². The topological polar surface area (TPSA) is 52.6 Å². The molecule has 0 aliphatic heterocycles. The summed E-state index contributed by atoms with van der Waals surface area (Å²) >= 11 is 0. The van der Waals surface area contributed by atoms with Gasteiger partial charge in [0.05, 0.1) is 6.10 Å². The van der Waals surface area contributed by atoms with Crippen LogP contribution < -0.4 is 0 Å². The molecule has 3 atom stereocenters. The number of alkyl halides is 3. The molecule has 0 aromatic heterocycles. The molecule has 0 heterocycles. The third kappa shape index (κ3) is 4.77. The fraction of sp³-hybridized carbons (Fsp3) is 0.565. The van der Waals surface area contributed by atoms with Crippen LogP contribution in [0.3, 0.4) is 0 Å². The quantitative estimate of drug-likeness (QED) is 0.551. The minimum atomic E-state index is -5.00. The Bertz CT molecular complexity index is 798. The van der Waals surface area contributed by atoms with E-state index in [0.29, 0.717) is 19.3 Å². The highest BCUT2D eigenvalue weighted by atomic mass is 19.4. The highest BCUT2D eigenvalue weighted by molar-refractivity contribution is 5.92. The summed E-state index contributed by atoms with van der Waals surface area (Å²) in [6, 6.07) is 6.76. The molecule has 1 aliphatic carbocycles. The van der Waals surface area contributed by atoms with Crippen LogP contribution in [0, 0.1) is 11.3 Å². The Morgan fingerprint density at radius 2 is 1.83 bits per heavy atom. The van der Waals surface area contributed by atoms with E-state index in [4.69, 9.17) is 9.47 Å². The Hall–Kier alpha value is -2.15. The Balaban J connectivity index is 2.16. The largest absolute Gasteiger partial charge is 0.460 e. The van der Waals surface area contributed by atoms with Crippen LogP contribution in [0.4, 0.5) is 13.2 Å². The van der Waals surface area contributed by atoms with Crippen LogP contribution in [0.2, 0.25) is 0 Å². The third-order valence-electron chi connectivity index (χ3n) is 5.85. The van der Waals surface area contributed by atoms with Crippen molar-refractivity contribution in [2.75, 3.05) is 7.11 Å². The number of methoxy groups -OCH3 is 1. The molecule has 4 nitrogen and oxygen atoms in total. The predicted molar refractivity (Wildman–Crippen MR) is 107 cm³/mol. The van der Waals surface area contributed by atoms with Gasteiger partial charge in [-0.05, 0) is 44.1 Å². The maximum atomic E-state index is 14.0. The molecule has 0 N–H and O–H groups in total. The van der Waals surface area contributed by atoms with Crippen LogP contribution in [0.5, 0.6) is 0 Å². The molecule has 166 valence electrons. The maximum Gasteiger partial charge on any atom is 0.432 e. The zero-order valence-electron chi connectivity index (χ0n) is 18.0. The number of allylic oxidation sites excluding steroid dienone is 2. The van der Waals surface area contributed by atoms with Crippen LogP contribution in [0.15, 0.2) is 42.0 Å². The van der Waals surface area contributed by atoms with Crippen molar-refractivity contribution in [2.45, 2.75) is 64.8 Å². The van der Waals surface area contributed by atoms with Gasteiger partial charge in [-0.25, -0.2) is 4.79 Å². The first kappa shape index (κ1) is 24.1. The van der Waals surface area contributed by atoms with Gasteiger partial charge in [0.2, 0.25) is 0 Å². The second kappa shape index (κ2) is 8.92. The van der Waals surface area contributed by atoms with Crippen molar-refractivity contribution in [1.29, 1.82) is 0 Å². The van der Waals surface area contributed by atoms with Crippen molar-refractivity contribution in [3.63, 3.8) is 0 Å². The number of halogens is 3. The molecule has 0 radical (unpaired) electrons. The van der Waals surface area contributed by atoms with Gasteiger partial charge < -0.3 is 9.47 Å². The molecule has 1 aromatic carbocycles. The number of ketones is 1. The SMILES string of the molecule is CO[C@@](C(=O)O[C@H](C)CC[C@H]1C(C)=CC(=O)CC1(C)C)(c1ccccc1)C(F)(F)F. The fourth-order valence-electron chi connectivity index (χ4n) is 4.33. The first-order valence-electron chi connectivity index (χ1n) is 9.94. The standard InChI is InChI=1S/C23H29F3O4/c1-15-13-18(27)14-21(3,4)19(15)12-11-16(2)30-20(28)22(29-5,23(24,25)26)17-9-7-6-8-10-17/h6-10,13,16,19H,11-12,14H2,1-5H3/t16-,19+,22-/m1/s1. The van der Waals surface area contributed by atoms with Gasteiger partial charge in [0.25, 0.3) is 5.60 Å². The lowest BCUT2D eigenvalue weighted by molar-refractivity contribution is -0.278. The zero-order valence-corrected chi connectivity index (χ0v) is 18.0. The van der Waals surface area contributed by atoms with E-state index in [2.05, 4.69) is 0 Å². The first-order valence-corrected chi connectivity index (χ1v) is 9.94. The highest BCUT2D eigenvalue weighted by Crippen LogP contribution is 2.44. The van der Waals surface area contributed by atoms with Crippen molar-refractivity contribution in [2.24, 2.45) is 11.3 Å². The van der Waals surface area contributed by atoms with E-state index < -0.39 is 23.9 Å². The Morgan fingerprint density at radius 3 is 2.33 bits per heavy atom. The number of carbonyl (C=O) groups is 2. The normalized spacial score (nSPS) is 22.1. The van der Waals surface area contributed by atoms with Gasteiger partial charge in [-0.15, -0.1) is 0 Å². The number of hydrogen-bond acceptors (Lipinski definition) is 4. The molecule has 1 aromatic rings. The summed E-state index contributed by atoms with van der Waals surface area (Å²) in [6.45, 7) is 7.45. The van der Waals surface area contributed by atoms with Gasteiger partial charge in [0.1, 0.15) is 0 Å². The number of ether oxygens (including phenoxy) is 2. The number of rotatable bonds is 7. The summed E-state index contributed by atoms with van der Waals surface area (Å²) in [5, 5.41) is 0. The average molecular weight is 426 g/mol. The lowest BCUT2D eigenvalue weighted by atomic mass is 9.66. The number of esters is 1. The zero-order chi connectivity index (χ0) is 22.7. The number of benzene rings is 1. The molecule has 0 amide bonds. The molecule has 1 aliphatic rings. The molecule has 0 bridgehead atoms. The second-order valence-electron chi connectivity index (χ2n) is 8.61. The van der Waals surface area contributed by atoms with Crippen LogP contribution in [0.25, 0.3) is 0 Å². The molecule has 30 heavy (non-hydrogen) atoms. The van der Waals surface area contributed by atoms with Gasteiger partial charge in [-0.1, -0.05) is 49.8 Å². The van der Waals surface area contributed by atoms with E-state index in [1.807, 2.05) is 20.8 Å². The van der Waals surface area contributed by atoms with Crippen LogP contribution in [-0.2, 0) is 24.7 Å². The van der Waals surface area contributed by atoms with Gasteiger partial charge in [0.15, 0.2) is 5.78 Å². The minimum Gasteiger partial charge on any atom is -0.460 e.